The van der Waals surface area contributed by atoms with E-state index in [0.29, 0.717) is 36.7 Å². The monoisotopic (exact) mass is 264 g/mol. The highest BCUT2D eigenvalue weighted by atomic mass is 19.1. The molecule has 1 aromatic carbocycles. The third kappa shape index (κ3) is 6.32. The van der Waals surface area contributed by atoms with Crippen LogP contribution in [-0.4, -0.2) is 19.8 Å². The fourth-order valence-corrected chi connectivity index (χ4v) is 1.55. The van der Waals surface area contributed by atoms with Crippen LogP contribution in [0.4, 0.5) is 4.39 Å². The van der Waals surface area contributed by atoms with Crippen LogP contribution in [0.15, 0.2) is 18.2 Å². The van der Waals surface area contributed by atoms with Crippen molar-refractivity contribution in [3.63, 3.8) is 0 Å². The Labute approximate surface area is 114 Å². The zero-order valence-corrected chi connectivity index (χ0v) is 11.6. The van der Waals surface area contributed by atoms with Gasteiger partial charge in [-0.3, -0.25) is 0 Å². The second-order valence-electron chi connectivity index (χ2n) is 4.89. The van der Waals surface area contributed by atoms with Gasteiger partial charge in [0.05, 0.1) is 18.2 Å². The molecule has 0 saturated heterocycles. The Morgan fingerprint density at radius 2 is 2.16 bits per heavy atom. The Morgan fingerprint density at radius 3 is 2.79 bits per heavy atom. The first-order chi connectivity index (χ1) is 9.13. The van der Waals surface area contributed by atoms with Crippen molar-refractivity contribution >= 4 is 0 Å². The summed E-state index contributed by atoms with van der Waals surface area (Å²) in [6, 6.07) is 6.44. The standard InChI is InChI=1S/C15H21FN2O/c1-12(2)5-7-19-8-6-18-11-14-4-3-13(10-17)9-15(14)16/h3-4,9,12,18H,5-8,11H2,1-2H3. The van der Waals surface area contributed by atoms with Crippen molar-refractivity contribution in [2.45, 2.75) is 26.8 Å². The average Bonchev–Trinajstić information content (AvgIpc) is 2.38. The Hall–Kier alpha value is -1.44. The topological polar surface area (TPSA) is 45.0 Å². The van der Waals surface area contributed by atoms with Crippen molar-refractivity contribution in [3.8, 4) is 6.07 Å². The molecular weight excluding hydrogens is 243 g/mol. The molecule has 0 heterocycles. The molecule has 0 unspecified atom stereocenters. The molecule has 1 aromatic rings. The number of nitriles is 1. The van der Waals surface area contributed by atoms with Crippen LogP contribution in [0.5, 0.6) is 0 Å². The lowest BCUT2D eigenvalue weighted by Crippen LogP contribution is -2.20. The van der Waals surface area contributed by atoms with E-state index >= 15 is 0 Å². The summed E-state index contributed by atoms with van der Waals surface area (Å²) in [5, 5.41) is 11.8. The zero-order chi connectivity index (χ0) is 14.1. The first kappa shape index (κ1) is 15.6. The summed E-state index contributed by atoms with van der Waals surface area (Å²) in [6.07, 6.45) is 1.06. The Balaban J connectivity index is 2.18. The molecule has 0 bridgehead atoms. The van der Waals surface area contributed by atoms with Crippen molar-refractivity contribution in [2.75, 3.05) is 19.8 Å². The zero-order valence-electron chi connectivity index (χ0n) is 11.6. The predicted octanol–water partition coefficient (Wildman–Crippen LogP) is 2.85. The number of benzene rings is 1. The van der Waals surface area contributed by atoms with Gasteiger partial charge in [-0.15, -0.1) is 0 Å². The fourth-order valence-electron chi connectivity index (χ4n) is 1.55. The maximum Gasteiger partial charge on any atom is 0.129 e. The van der Waals surface area contributed by atoms with Crippen LogP contribution in [0, 0.1) is 23.1 Å². The molecule has 0 aliphatic heterocycles. The number of halogens is 1. The molecule has 0 amide bonds. The van der Waals surface area contributed by atoms with Gasteiger partial charge in [-0.25, -0.2) is 4.39 Å². The highest BCUT2D eigenvalue weighted by Crippen LogP contribution is 2.09. The van der Waals surface area contributed by atoms with Gasteiger partial charge < -0.3 is 10.1 Å². The van der Waals surface area contributed by atoms with Gasteiger partial charge in [-0.2, -0.15) is 5.26 Å². The van der Waals surface area contributed by atoms with Crippen LogP contribution in [-0.2, 0) is 11.3 Å². The number of nitrogens with one attached hydrogen (secondary N) is 1. The molecule has 0 saturated carbocycles. The Morgan fingerprint density at radius 1 is 1.37 bits per heavy atom. The largest absolute Gasteiger partial charge is 0.380 e. The quantitative estimate of drug-likeness (QED) is 0.734. The molecule has 1 N–H and O–H groups in total. The minimum Gasteiger partial charge on any atom is -0.380 e. The minimum atomic E-state index is -0.340. The van der Waals surface area contributed by atoms with Gasteiger partial charge in [0.15, 0.2) is 0 Å². The van der Waals surface area contributed by atoms with E-state index in [4.69, 9.17) is 10.00 Å². The van der Waals surface area contributed by atoms with Crippen LogP contribution >= 0.6 is 0 Å². The predicted molar refractivity (Wildman–Crippen MR) is 73.1 cm³/mol. The molecule has 4 heteroatoms. The van der Waals surface area contributed by atoms with E-state index in [0.717, 1.165) is 13.0 Å². The first-order valence-electron chi connectivity index (χ1n) is 6.60. The second-order valence-corrected chi connectivity index (χ2v) is 4.89. The van der Waals surface area contributed by atoms with E-state index in [-0.39, 0.29) is 5.82 Å². The van der Waals surface area contributed by atoms with E-state index in [2.05, 4.69) is 19.2 Å². The summed E-state index contributed by atoms with van der Waals surface area (Å²) in [5.74, 6) is 0.313. The number of rotatable bonds is 8. The van der Waals surface area contributed by atoms with Crippen molar-refractivity contribution in [3.05, 3.63) is 35.1 Å². The SMILES string of the molecule is CC(C)CCOCCNCc1ccc(C#N)cc1F. The summed E-state index contributed by atoms with van der Waals surface area (Å²) in [6.45, 7) is 6.86. The van der Waals surface area contributed by atoms with E-state index in [9.17, 15) is 4.39 Å². The van der Waals surface area contributed by atoms with Gasteiger partial charge >= 0.3 is 0 Å². The van der Waals surface area contributed by atoms with Gasteiger partial charge in [0, 0.05) is 25.3 Å². The van der Waals surface area contributed by atoms with Gasteiger partial charge in [0.25, 0.3) is 0 Å². The van der Waals surface area contributed by atoms with Crippen LogP contribution in [0.25, 0.3) is 0 Å². The molecule has 0 radical (unpaired) electrons. The number of nitrogens with zero attached hydrogens (tertiary/aromatic N) is 1. The second kappa shape index (κ2) is 8.63. The van der Waals surface area contributed by atoms with Crippen molar-refractivity contribution in [1.82, 2.24) is 5.32 Å². The Kier molecular flexibility index (Phi) is 7.09. The lowest BCUT2D eigenvalue weighted by atomic mass is 10.1. The summed E-state index contributed by atoms with van der Waals surface area (Å²) < 4.78 is 19.0. The molecule has 3 nitrogen and oxygen atoms in total. The normalized spacial score (nSPS) is 10.7. The van der Waals surface area contributed by atoms with Crippen LogP contribution in [0.1, 0.15) is 31.4 Å². The first-order valence-corrected chi connectivity index (χ1v) is 6.60. The summed E-state index contributed by atoms with van der Waals surface area (Å²) >= 11 is 0. The van der Waals surface area contributed by atoms with Crippen LogP contribution in [0.2, 0.25) is 0 Å². The van der Waals surface area contributed by atoms with Crippen LogP contribution in [0.3, 0.4) is 0 Å². The molecule has 0 aromatic heterocycles. The molecular formula is C15H21FN2O. The lowest BCUT2D eigenvalue weighted by molar-refractivity contribution is 0.125. The Bertz CT molecular complexity index is 427. The molecule has 0 aliphatic carbocycles. The van der Waals surface area contributed by atoms with E-state index in [1.54, 1.807) is 12.1 Å². The van der Waals surface area contributed by atoms with Crippen molar-refractivity contribution < 1.29 is 9.13 Å². The van der Waals surface area contributed by atoms with Crippen molar-refractivity contribution in [1.29, 1.82) is 5.26 Å². The maximum absolute atomic E-state index is 13.5. The lowest BCUT2D eigenvalue weighted by Gasteiger charge is -2.08. The van der Waals surface area contributed by atoms with Gasteiger partial charge in [-0.1, -0.05) is 19.9 Å². The van der Waals surface area contributed by atoms with E-state index in [1.165, 1.54) is 6.07 Å². The van der Waals surface area contributed by atoms with E-state index in [1.807, 2.05) is 6.07 Å². The fraction of sp³-hybridized carbons (Fsp3) is 0.533. The van der Waals surface area contributed by atoms with Crippen LogP contribution < -0.4 is 5.32 Å². The summed E-state index contributed by atoms with van der Waals surface area (Å²) in [7, 11) is 0. The minimum absolute atomic E-state index is 0.340. The molecule has 104 valence electrons. The molecule has 0 atom stereocenters. The van der Waals surface area contributed by atoms with Gasteiger partial charge in [-0.05, 0) is 24.5 Å². The highest BCUT2D eigenvalue weighted by Gasteiger charge is 2.02. The van der Waals surface area contributed by atoms with E-state index < -0.39 is 0 Å². The third-order valence-corrected chi connectivity index (χ3v) is 2.76. The molecule has 1 rings (SSSR count). The third-order valence-electron chi connectivity index (χ3n) is 2.76. The van der Waals surface area contributed by atoms with Crippen molar-refractivity contribution in [2.24, 2.45) is 5.92 Å². The van der Waals surface area contributed by atoms with Gasteiger partial charge in [0.1, 0.15) is 5.82 Å². The number of ether oxygens (including phenoxy) is 1. The summed E-state index contributed by atoms with van der Waals surface area (Å²) in [4.78, 5) is 0. The summed E-state index contributed by atoms with van der Waals surface area (Å²) in [5.41, 5.74) is 0.916. The molecule has 0 spiro atoms. The number of hydrogen-bond acceptors (Lipinski definition) is 3. The smallest absolute Gasteiger partial charge is 0.129 e. The average molecular weight is 264 g/mol. The molecule has 0 fully saturated rings. The molecule has 19 heavy (non-hydrogen) atoms. The highest BCUT2D eigenvalue weighted by molar-refractivity contribution is 5.32. The maximum atomic E-state index is 13.5. The van der Waals surface area contributed by atoms with Gasteiger partial charge in [0.2, 0.25) is 0 Å². The number of hydrogen-bond donors (Lipinski definition) is 1. The molecule has 0 aliphatic rings.